The van der Waals surface area contributed by atoms with E-state index in [0.29, 0.717) is 29.8 Å². The molecule has 12 nitrogen and oxygen atoms in total. The highest BCUT2D eigenvalue weighted by atomic mass is 16.5. The first-order valence-corrected chi connectivity index (χ1v) is 17.3. The van der Waals surface area contributed by atoms with Gasteiger partial charge in [0, 0.05) is 41.8 Å². The molecule has 260 valence electrons. The number of hydrogen-bond donors (Lipinski definition) is 3. The third-order valence-corrected chi connectivity index (χ3v) is 9.32. The molecule has 7 aromatic rings. The molecule has 0 bridgehead atoms. The van der Waals surface area contributed by atoms with Crippen LogP contribution in [0, 0.1) is 5.92 Å². The van der Waals surface area contributed by atoms with Gasteiger partial charge in [0.2, 0.25) is 11.9 Å². The highest BCUT2D eigenvalue weighted by Gasteiger charge is 2.22. The maximum absolute atomic E-state index is 6.27. The molecular weight excluding hydrogens is 653 g/mol. The first-order valence-electron chi connectivity index (χ1n) is 17.3. The first-order chi connectivity index (χ1) is 25.6. The topological polar surface area (TPSA) is 149 Å². The Labute approximate surface area is 301 Å². The van der Waals surface area contributed by atoms with Gasteiger partial charge in [-0.15, -0.1) is 0 Å². The van der Waals surface area contributed by atoms with Crippen LogP contribution in [-0.4, -0.2) is 56.7 Å². The van der Waals surface area contributed by atoms with Gasteiger partial charge in [0.15, 0.2) is 11.5 Å². The van der Waals surface area contributed by atoms with Crippen LogP contribution >= 0.6 is 0 Å². The van der Waals surface area contributed by atoms with Gasteiger partial charge in [0.05, 0.1) is 48.5 Å². The van der Waals surface area contributed by atoms with E-state index in [0.717, 1.165) is 88.4 Å². The van der Waals surface area contributed by atoms with E-state index < -0.39 is 0 Å². The van der Waals surface area contributed by atoms with Crippen molar-refractivity contribution in [1.29, 1.82) is 0 Å². The largest absolute Gasteiger partial charge is 0.493 e. The highest BCUT2D eigenvalue weighted by molar-refractivity contribution is 5.85. The summed E-state index contributed by atoms with van der Waals surface area (Å²) in [6, 6.07) is 27.9. The van der Waals surface area contributed by atoms with Crippen LogP contribution in [0.25, 0.3) is 32.9 Å². The number of fused-ring (bicyclic) bond motifs is 2. The van der Waals surface area contributed by atoms with Crippen molar-refractivity contribution < 1.29 is 9.47 Å². The number of anilines is 6. The Morgan fingerprint density at radius 3 is 2.19 bits per heavy atom. The minimum absolute atomic E-state index is 0.172. The predicted molar refractivity (Wildman–Crippen MR) is 206 cm³/mol. The molecule has 3 aromatic carbocycles. The number of benzene rings is 3. The second kappa shape index (κ2) is 14.7. The lowest BCUT2D eigenvalue weighted by Crippen LogP contribution is -2.35. The number of rotatable bonds is 11. The molecule has 8 rings (SSSR count). The Morgan fingerprint density at radius 1 is 0.750 bits per heavy atom. The normalized spacial score (nSPS) is 13.3. The third-order valence-electron chi connectivity index (χ3n) is 9.32. The Balaban J connectivity index is 0.867. The number of nitrogens with two attached hydrogens (primary N) is 1. The van der Waals surface area contributed by atoms with Crippen LogP contribution in [-0.2, 0) is 0 Å². The van der Waals surface area contributed by atoms with E-state index in [1.54, 1.807) is 25.7 Å². The Bertz CT molecular complexity index is 2340. The van der Waals surface area contributed by atoms with Crippen molar-refractivity contribution in [3.8, 4) is 22.6 Å². The Morgan fingerprint density at radius 2 is 1.46 bits per heavy atom. The van der Waals surface area contributed by atoms with Gasteiger partial charge < -0.3 is 30.7 Å². The summed E-state index contributed by atoms with van der Waals surface area (Å²) < 4.78 is 12.0. The lowest BCUT2D eigenvalue weighted by atomic mass is 9.94. The van der Waals surface area contributed by atoms with Crippen molar-refractivity contribution in [2.45, 2.75) is 19.3 Å². The van der Waals surface area contributed by atoms with E-state index in [1.807, 2.05) is 79.0 Å². The van der Waals surface area contributed by atoms with Crippen molar-refractivity contribution >= 4 is 56.7 Å². The number of nitrogen functional groups attached to an aromatic ring is 1. The van der Waals surface area contributed by atoms with Gasteiger partial charge in [-0.05, 0) is 73.2 Å². The number of piperidine rings is 1. The van der Waals surface area contributed by atoms with Crippen molar-refractivity contribution in [2.75, 3.05) is 48.1 Å². The number of aromatic nitrogens is 6. The summed E-state index contributed by atoms with van der Waals surface area (Å²) in [5.74, 6) is 4.08. The van der Waals surface area contributed by atoms with Crippen LogP contribution in [0.2, 0.25) is 0 Å². The summed E-state index contributed by atoms with van der Waals surface area (Å²) in [6.07, 6.45) is 10.1. The van der Waals surface area contributed by atoms with Crippen LogP contribution in [0.15, 0.2) is 110 Å². The fourth-order valence-electron chi connectivity index (χ4n) is 6.55. The molecule has 0 radical (unpaired) electrons. The average Bonchev–Trinajstić information content (AvgIpc) is 3.18. The zero-order chi connectivity index (χ0) is 35.3. The average molecular weight is 691 g/mol. The molecule has 0 spiro atoms. The molecule has 0 aliphatic carbocycles. The number of pyridine rings is 2. The molecule has 5 heterocycles. The zero-order valence-corrected chi connectivity index (χ0v) is 28.7. The molecule has 52 heavy (non-hydrogen) atoms. The molecule has 0 atom stereocenters. The predicted octanol–water partition coefficient (Wildman–Crippen LogP) is 7.79. The number of methoxy groups -OCH3 is 1. The fraction of sp³-hybridized carbons (Fsp3) is 0.200. The van der Waals surface area contributed by atoms with Gasteiger partial charge >= 0.3 is 0 Å². The molecule has 1 aliphatic rings. The highest BCUT2D eigenvalue weighted by Crippen LogP contribution is 2.36. The van der Waals surface area contributed by atoms with Crippen LogP contribution < -0.4 is 30.7 Å². The molecule has 4 aromatic heterocycles. The molecule has 0 amide bonds. The van der Waals surface area contributed by atoms with Crippen molar-refractivity contribution in [3.63, 3.8) is 0 Å². The number of para-hydroxylation sites is 2. The summed E-state index contributed by atoms with van der Waals surface area (Å²) in [4.78, 5) is 29.5. The molecule has 1 fully saturated rings. The van der Waals surface area contributed by atoms with Gasteiger partial charge in [-0.3, -0.25) is 9.97 Å². The Kier molecular flexibility index (Phi) is 9.25. The van der Waals surface area contributed by atoms with Crippen molar-refractivity contribution in [3.05, 3.63) is 110 Å². The molecule has 4 N–H and O–H groups in total. The maximum atomic E-state index is 6.27. The second-order valence-corrected chi connectivity index (χ2v) is 12.7. The van der Waals surface area contributed by atoms with Gasteiger partial charge in [0.1, 0.15) is 11.6 Å². The summed E-state index contributed by atoms with van der Waals surface area (Å²) in [6.45, 7) is 2.36. The molecule has 0 unspecified atom stereocenters. The van der Waals surface area contributed by atoms with E-state index >= 15 is 0 Å². The Hall–Kier alpha value is -6.56. The van der Waals surface area contributed by atoms with Crippen molar-refractivity contribution in [2.24, 2.45) is 5.92 Å². The molecule has 0 saturated carbocycles. The monoisotopic (exact) mass is 690 g/mol. The number of ether oxygens (including phenoxy) is 2. The first kappa shape index (κ1) is 32.6. The number of hydrogen-bond acceptors (Lipinski definition) is 12. The summed E-state index contributed by atoms with van der Waals surface area (Å²) in [5.41, 5.74) is 11.2. The summed E-state index contributed by atoms with van der Waals surface area (Å²) >= 11 is 0. The molecule has 1 aliphatic heterocycles. The number of nitrogens with zero attached hydrogens (tertiary/aromatic N) is 7. The van der Waals surface area contributed by atoms with Crippen LogP contribution in [0.1, 0.15) is 19.3 Å². The smallest absolute Gasteiger partial charge is 0.227 e. The van der Waals surface area contributed by atoms with E-state index in [9.17, 15) is 0 Å². The third kappa shape index (κ3) is 7.31. The standard InChI is InChI=1S/C40H38N10O2/c1-51-36-22-27(32-25-45-39(41)49-38(32)47-31-21-29-7-3-5-9-34(29)44-24-31)10-11-35(36)52-19-15-26-13-17-50(18-14-26)40-42-16-12-37(48-40)46-30-20-28-6-2-4-8-33(28)43-23-30/h2-12,16,20-26H,13-15,17-19H2,1H3,(H,42,46,48)(H3,41,45,47,49). The van der Waals surface area contributed by atoms with E-state index in [4.69, 9.17) is 20.2 Å². The van der Waals surface area contributed by atoms with Crippen LogP contribution in [0.3, 0.4) is 0 Å². The summed E-state index contributed by atoms with van der Waals surface area (Å²) in [5, 5.41) is 8.86. The lowest BCUT2D eigenvalue weighted by Gasteiger charge is -2.32. The minimum Gasteiger partial charge on any atom is -0.493 e. The van der Waals surface area contributed by atoms with E-state index in [-0.39, 0.29) is 5.95 Å². The number of nitrogens with one attached hydrogen (secondary N) is 2. The molecule has 1 saturated heterocycles. The fourth-order valence-corrected chi connectivity index (χ4v) is 6.55. The van der Waals surface area contributed by atoms with Gasteiger partial charge in [-0.2, -0.15) is 9.97 Å². The maximum Gasteiger partial charge on any atom is 0.227 e. The lowest BCUT2D eigenvalue weighted by molar-refractivity contribution is 0.248. The van der Waals surface area contributed by atoms with Gasteiger partial charge in [-0.1, -0.05) is 42.5 Å². The van der Waals surface area contributed by atoms with Gasteiger partial charge in [-0.25, -0.2) is 9.97 Å². The van der Waals surface area contributed by atoms with Crippen LogP contribution in [0.5, 0.6) is 11.5 Å². The van der Waals surface area contributed by atoms with Crippen LogP contribution in [0.4, 0.5) is 34.9 Å². The molecule has 12 heteroatoms. The van der Waals surface area contributed by atoms with E-state index in [2.05, 4.69) is 52.6 Å². The van der Waals surface area contributed by atoms with Crippen molar-refractivity contribution in [1.82, 2.24) is 29.9 Å². The van der Waals surface area contributed by atoms with Gasteiger partial charge in [0.25, 0.3) is 0 Å². The minimum atomic E-state index is 0.172. The zero-order valence-electron chi connectivity index (χ0n) is 28.7. The van der Waals surface area contributed by atoms with E-state index in [1.165, 1.54) is 0 Å². The SMILES string of the molecule is COc1cc(-c2cnc(N)nc2Nc2cnc3ccccc3c2)ccc1OCCC1CCN(c2nccc(Nc3cnc4ccccc4c3)n2)CC1. The summed E-state index contributed by atoms with van der Waals surface area (Å²) in [7, 11) is 1.65. The quantitative estimate of drug-likeness (QED) is 0.122. The molecular formula is C40H38N10O2. The second-order valence-electron chi connectivity index (χ2n) is 12.7.